The second kappa shape index (κ2) is 4.75. The van der Waals surface area contributed by atoms with Gasteiger partial charge in [0.05, 0.1) is 0 Å². The summed E-state index contributed by atoms with van der Waals surface area (Å²) in [5.74, 6) is -1.81. The molecule has 0 aliphatic rings. The quantitative estimate of drug-likeness (QED) is 0.519. The highest BCUT2D eigenvalue weighted by molar-refractivity contribution is 7.86. The van der Waals surface area contributed by atoms with Gasteiger partial charge in [0, 0.05) is 5.39 Å². The maximum absolute atomic E-state index is 11.3. The van der Waals surface area contributed by atoms with Crippen LogP contribution < -0.4 is 4.74 Å². The van der Waals surface area contributed by atoms with Gasteiger partial charge in [-0.05, 0) is 11.5 Å². The lowest BCUT2D eigenvalue weighted by atomic mass is 10.1. The van der Waals surface area contributed by atoms with Gasteiger partial charge in [-0.25, -0.2) is 0 Å². The summed E-state index contributed by atoms with van der Waals surface area (Å²) in [4.78, 5) is 11.3. The van der Waals surface area contributed by atoms with Crippen LogP contribution in [0.15, 0.2) is 42.5 Å². The van der Waals surface area contributed by atoms with E-state index in [0.29, 0.717) is 5.39 Å². The largest absolute Gasteiger partial charge is 0.425 e. The first-order valence-electron chi connectivity index (χ1n) is 5.09. The number of hydrogen-bond acceptors (Lipinski definition) is 4. The minimum absolute atomic E-state index is 0.266. The molecule has 0 aliphatic carbocycles. The van der Waals surface area contributed by atoms with Crippen molar-refractivity contribution in [2.45, 2.75) is 0 Å². The fraction of sp³-hybridized carbons (Fsp3) is 0.0833. The van der Waals surface area contributed by atoms with Crippen LogP contribution in [0.5, 0.6) is 5.75 Å². The molecule has 94 valence electrons. The number of hydrogen-bond donors (Lipinski definition) is 1. The first-order chi connectivity index (χ1) is 8.46. The number of benzene rings is 2. The van der Waals surface area contributed by atoms with Crippen LogP contribution in [0.4, 0.5) is 0 Å². The van der Waals surface area contributed by atoms with Gasteiger partial charge in [0.1, 0.15) is 5.75 Å². The Balaban J connectivity index is 2.30. The highest BCUT2D eigenvalue weighted by atomic mass is 32.2. The molecule has 0 saturated carbocycles. The topological polar surface area (TPSA) is 80.7 Å². The van der Waals surface area contributed by atoms with Gasteiger partial charge in [0.15, 0.2) is 5.75 Å². The standard InChI is InChI=1S/C12H10O5S/c13-12(8-18(14,15)16)17-11-7-3-5-9-4-1-2-6-10(9)11/h1-7H,8H2,(H,14,15,16). The molecule has 0 bridgehead atoms. The summed E-state index contributed by atoms with van der Waals surface area (Å²) in [6.45, 7) is 0. The van der Waals surface area contributed by atoms with Crippen LogP contribution in [0, 0.1) is 0 Å². The van der Waals surface area contributed by atoms with Crippen molar-refractivity contribution in [3.63, 3.8) is 0 Å². The van der Waals surface area contributed by atoms with Gasteiger partial charge in [-0.1, -0.05) is 36.4 Å². The molecule has 0 heterocycles. The van der Waals surface area contributed by atoms with Crippen molar-refractivity contribution >= 4 is 26.9 Å². The van der Waals surface area contributed by atoms with Gasteiger partial charge in [0.25, 0.3) is 10.1 Å². The zero-order valence-electron chi connectivity index (χ0n) is 9.24. The monoisotopic (exact) mass is 266 g/mol. The molecule has 0 aliphatic heterocycles. The van der Waals surface area contributed by atoms with Gasteiger partial charge >= 0.3 is 5.97 Å². The fourth-order valence-corrected chi connectivity index (χ4v) is 1.94. The summed E-state index contributed by atoms with van der Waals surface area (Å²) < 4.78 is 34.6. The predicted molar refractivity (Wildman–Crippen MR) is 66.0 cm³/mol. The van der Waals surface area contributed by atoms with Crippen molar-refractivity contribution in [1.29, 1.82) is 0 Å². The Morgan fingerprint density at radius 3 is 2.50 bits per heavy atom. The zero-order chi connectivity index (χ0) is 13.2. The van der Waals surface area contributed by atoms with Crippen molar-refractivity contribution in [2.24, 2.45) is 0 Å². The maximum Gasteiger partial charge on any atom is 0.329 e. The van der Waals surface area contributed by atoms with E-state index in [1.54, 1.807) is 24.3 Å². The van der Waals surface area contributed by atoms with Crippen molar-refractivity contribution in [3.05, 3.63) is 42.5 Å². The fourth-order valence-electron chi connectivity index (χ4n) is 1.59. The lowest BCUT2D eigenvalue weighted by molar-refractivity contribution is -0.131. The van der Waals surface area contributed by atoms with Crippen LogP contribution in [0.25, 0.3) is 10.8 Å². The van der Waals surface area contributed by atoms with Gasteiger partial charge in [0.2, 0.25) is 0 Å². The lowest BCUT2D eigenvalue weighted by Gasteiger charge is -2.06. The lowest BCUT2D eigenvalue weighted by Crippen LogP contribution is -2.20. The third-order valence-electron chi connectivity index (χ3n) is 2.27. The number of carbonyl (C=O) groups excluding carboxylic acids is 1. The van der Waals surface area contributed by atoms with Crippen molar-refractivity contribution in [1.82, 2.24) is 0 Å². The van der Waals surface area contributed by atoms with Crippen LogP contribution in [-0.2, 0) is 14.9 Å². The van der Waals surface area contributed by atoms with Gasteiger partial charge in [-0.15, -0.1) is 0 Å². The average molecular weight is 266 g/mol. The highest BCUT2D eigenvalue weighted by Crippen LogP contribution is 2.25. The molecule has 0 aromatic heterocycles. The molecule has 2 aromatic rings. The molecule has 0 spiro atoms. The molecule has 5 nitrogen and oxygen atoms in total. The molecular weight excluding hydrogens is 256 g/mol. The van der Waals surface area contributed by atoms with Crippen LogP contribution in [0.1, 0.15) is 0 Å². The van der Waals surface area contributed by atoms with E-state index in [9.17, 15) is 13.2 Å². The second-order valence-electron chi connectivity index (χ2n) is 3.68. The molecule has 0 atom stereocenters. The van der Waals surface area contributed by atoms with E-state index in [4.69, 9.17) is 9.29 Å². The second-order valence-corrected chi connectivity index (χ2v) is 5.13. The molecular formula is C12H10O5S. The minimum Gasteiger partial charge on any atom is -0.425 e. The number of carbonyl (C=O) groups is 1. The Morgan fingerprint density at radius 2 is 1.78 bits per heavy atom. The smallest absolute Gasteiger partial charge is 0.329 e. The number of ether oxygens (including phenoxy) is 1. The summed E-state index contributed by atoms with van der Waals surface area (Å²) in [6, 6.07) is 12.3. The SMILES string of the molecule is O=C(CS(=O)(=O)O)Oc1cccc2ccccc12. The van der Waals surface area contributed by atoms with Gasteiger partial charge < -0.3 is 4.74 Å². The van der Waals surface area contributed by atoms with Crippen LogP contribution in [-0.4, -0.2) is 24.7 Å². The molecule has 18 heavy (non-hydrogen) atoms. The van der Waals surface area contributed by atoms with E-state index in [1.807, 2.05) is 18.2 Å². The molecule has 0 unspecified atom stereocenters. The van der Waals surface area contributed by atoms with Crippen LogP contribution in [0.3, 0.4) is 0 Å². The highest BCUT2D eigenvalue weighted by Gasteiger charge is 2.15. The molecule has 0 fully saturated rings. The molecule has 0 amide bonds. The van der Waals surface area contributed by atoms with E-state index in [-0.39, 0.29) is 5.75 Å². The Kier molecular flexibility index (Phi) is 3.31. The van der Waals surface area contributed by atoms with E-state index >= 15 is 0 Å². The Morgan fingerprint density at radius 1 is 1.11 bits per heavy atom. The summed E-state index contributed by atoms with van der Waals surface area (Å²) in [5, 5.41) is 1.57. The van der Waals surface area contributed by atoms with Crippen molar-refractivity contribution in [2.75, 3.05) is 5.75 Å². The first-order valence-corrected chi connectivity index (χ1v) is 6.70. The molecule has 2 rings (SSSR count). The molecule has 0 radical (unpaired) electrons. The molecule has 2 aromatic carbocycles. The van der Waals surface area contributed by atoms with Crippen molar-refractivity contribution in [3.8, 4) is 5.75 Å². The van der Waals surface area contributed by atoms with Crippen LogP contribution >= 0.6 is 0 Å². The average Bonchev–Trinajstić information content (AvgIpc) is 2.27. The maximum atomic E-state index is 11.3. The van der Waals surface area contributed by atoms with Gasteiger partial charge in [-0.3, -0.25) is 9.35 Å². The van der Waals surface area contributed by atoms with Gasteiger partial charge in [-0.2, -0.15) is 8.42 Å². The molecule has 1 N–H and O–H groups in total. The number of fused-ring (bicyclic) bond motifs is 1. The number of esters is 1. The molecule has 6 heteroatoms. The third kappa shape index (κ3) is 3.06. The van der Waals surface area contributed by atoms with E-state index in [0.717, 1.165) is 5.39 Å². The zero-order valence-corrected chi connectivity index (χ0v) is 10.1. The summed E-state index contributed by atoms with van der Waals surface area (Å²) in [6.07, 6.45) is 0. The van der Waals surface area contributed by atoms with E-state index in [1.165, 1.54) is 0 Å². The van der Waals surface area contributed by atoms with Crippen LogP contribution in [0.2, 0.25) is 0 Å². The normalized spacial score (nSPS) is 11.4. The molecule has 0 saturated heterocycles. The third-order valence-corrected chi connectivity index (χ3v) is 2.87. The summed E-state index contributed by atoms with van der Waals surface area (Å²) in [5.41, 5.74) is 0. The van der Waals surface area contributed by atoms with E-state index in [2.05, 4.69) is 0 Å². The van der Waals surface area contributed by atoms with Crippen molar-refractivity contribution < 1.29 is 22.5 Å². The summed E-state index contributed by atoms with van der Waals surface area (Å²) >= 11 is 0. The Bertz CT molecular complexity index is 685. The first kappa shape index (κ1) is 12.5. The summed E-state index contributed by atoms with van der Waals surface area (Å²) in [7, 11) is -4.37. The number of rotatable bonds is 3. The Hall–Kier alpha value is -1.92. The van der Waals surface area contributed by atoms with E-state index < -0.39 is 21.8 Å². The predicted octanol–water partition coefficient (Wildman–Crippen LogP) is 1.63. The minimum atomic E-state index is -4.37. The Labute approximate surface area is 104 Å².